The van der Waals surface area contributed by atoms with Crippen molar-refractivity contribution in [3.63, 3.8) is 0 Å². The Morgan fingerprint density at radius 3 is 2.02 bits per heavy atom. The highest BCUT2D eigenvalue weighted by atomic mass is 16.5. The smallest absolute Gasteiger partial charge is 0.337 e. The Labute approximate surface area is 260 Å². The third-order valence-electron chi connectivity index (χ3n) is 7.35. The van der Waals surface area contributed by atoms with Crippen LogP contribution in [0.15, 0.2) is 103 Å². The molecular formula is C37H41NO6. The van der Waals surface area contributed by atoms with Gasteiger partial charge in [0.2, 0.25) is 0 Å². The van der Waals surface area contributed by atoms with Crippen LogP contribution >= 0.6 is 0 Å². The minimum Gasteiger partial charge on any atom is -0.489 e. The van der Waals surface area contributed by atoms with Crippen molar-refractivity contribution >= 4 is 11.9 Å². The number of benzene rings is 4. The summed E-state index contributed by atoms with van der Waals surface area (Å²) in [5, 5.41) is 0. The van der Waals surface area contributed by atoms with E-state index < -0.39 is 0 Å². The van der Waals surface area contributed by atoms with Crippen molar-refractivity contribution in [3.05, 3.63) is 131 Å². The van der Waals surface area contributed by atoms with E-state index in [1.54, 1.807) is 12.1 Å². The van der Waals surface area contributed by atoms with Gasteiger partial charge in [0.1, 0.15) is 24.7 Å². The lowest BCUT2D eigenvalue weighted by atomic mass is 10.1. The molecule has 0 saturated heterocycles. The molecular weight excluding hydrogens is 554 g/mol. The van der Waals surface area contributed by atoms with E-state index in [1.165, 1.54) is 14.2 Å². The van der Waals surface area contributed by atoms with E-state index in [0.29, 0.717) is 25.2 Å². The first kappa shape index (κ1) is 32.3. The highest BCUT2D eigenvalue weighted by Crippen LogP contribution is 2.22. The van der Waals surface area contributed by atoms with Crippen LogP contribution < -0.4 is 9.47 Å². The molecule has 7 nitrogen and oxygen atoms in total. The van der Waals surface area contributed by atoms with E-state index in [4.69, 9.17) is 18.9 Å². The molecule has 0 aliphatic carbocycles. The lowest BCUT2D eigenvalue weighted by molar-refractivity contribution is -0.140. The molecule has 0 unspecified atom stereocenters. The molecule has 0 amide bonds. The number of carbonyl (C=O) groups is 2. The largest absolute Gasteiger partial charge is 0.489 e. The standard InChI is InChI=1S/C37H41NO6/c1-41-36(39)14-8-9-24-38(26-29-15-19-33(20-16-29)37(40)42-2)25-23-32-12-6-7-13-35(32)44-28-31-17-21-34(22-18-31)43-27-30-10-4-3-5-11-30/h3-7,10-13,15-22H,8-9,14,23-28H2,1-2H3. The highest BCUT2D eigenvalue weighted by molar-refractivity contribution is 5.89. The van der Waals surface area contributed by atoms with Gasteiger partial charge in [-0.2, -0.15) is 0 Å². The first-order valence-corrected chi connectivity index (χ1v) is 15.0. The lowest BCUT2D eigenvalue weighted by Gasteiger charge is -2.23. The minimum absolute atomic E-state index is 0.185. The van der Waals surface area contributed by atoms with Crippen LogP contribution in [0.4, 0.5) is 0 Å². The Bertz CT molecular complexity index is 1440. The van der Waals surface area contributed by atoms with Crippen LogP contribution in [0.2, 0.25) is 0 Å². The Morgan fingerprint density at radius 1 is 0.636 bits per heavy atom. The summed E-state index contributed by atoms with van der Waals surface area (Å²) in [6, 6.07) is 33.8. The molecule has 0 aliphatic rings. The number of methoxy groups -OCH3 is 2. The van der Waals surface area contributed by atoms with Gasteiger partial charge in [-0.05, 0) is 78.4 Å². The molecule has 4 rings (SSSR count). The van der Waals surface area contributed by atoms with Crippen LogP contribution in [-0.4, -0.2) is 44.1 Å². The van der Waals surface area contributed by atoms with Crippen LogP contribution in [0.25, 0.3) is 0 Å². The van der Waals surface area contributed by atoms with Gasteiger partial charge in [0.25, 0.3) is 0 Å². The molecule has 0 radical (unpaired) electrons. The van der Waals surface area contributed by atoms with Gasteiger partial charge < -0.3 is 18.9 Å². The molecule has 230 valence electrons. The number of para-hydroxylation sites is 1. The van der Waals surface area contributed by atoms with Crippen LogP contribution in [0, 0.1) is 0 Å². The first-order chi connectivity index (χ1) is 21.5. The van der Waals surface area contributed by atoms with Gasteiger partial charge in [0.05, 0.1) is 19.8 Å². The molecule has 4 aromatic carbocycles. The SMILES string of the molecule is COC(=O)CCCCN(CCc1ccccc1OCc1ccc(OCc2ccccc2)cc1)Cc1ccc(C(=O)OC)cc1. The molecule has 0 atom stereocenters. The molecule has 44 heavy (non-hydrogen) atoms. The molecule has 0 spiro atoms. The zero-order valence-electron chi connectivity index (χ0n) is 25.6. The van der Waals surface area contributed by atoms with Crippen molar-refractivity contribution in [3.8, 4) is 11.5 Å². The van der Waals surface area contributed by atoms with Gasteiger partial charge in [-0.1, -0.05) is 72.8 Å². The monoisotopic (exact) mass is 595 g/mol. The zero-order chi connectivity index (χ0) is 31.0. The molecule has 0 saturated carbocycles. The number of carbonyl (C=O) groups excluding carboxylic acids is 2. The molecule has 0 aromatic heterocycles. The van der Waals surface area contributed by atoms with Crippen molar-refractivity contribution in [1.82, 2.24) is 4.90 Å². The van der Waals surface area contributed by atoms with Crippen LogP contribution in [0.1, 0.15) is 51.9 Å². The number of ether oxygens (including phenoxy) is 4. The van der Waals surface area contributed by atoms with E-state index in [9.17, 15) is 9.59 Å². The zero-order valence-corrected chi connectivity index (χ0v) is 25.6. The van der Waals surface area contributed by atoms with Gasteiger partial charge >= 0.3 is 11.9 Å². The summed E-state index contributed by atoms with van der Waals surface area (Å²) >= 11 is 0. The molecule has 0 bridgehead atoms. The quantitative estimate of drug-likeness (QED) is 0.0959. The van der Waals surface area contributed by atoms with E-state index in [1.807, 2.05) is 84.9 Å². The van der Waals surface area contributed by atoms with Crippen LogP contribution in [0.3, 0.4) is 0 Å². The highest BCUT2D eigenvalue weighted by Gasteiger charge is 2.12. The van der Waals surface area contributed by atoms with E-state index in [2.05, 4.69) is 11.0 Å². The van der Waals surface area contributed by atoms with Crippen molar-refractivity contribution in [1.29, 1.82) is 0 Å². The number of unbranched alkanes of at least 4 members (excludes halogenated alkanes) is 1. The normalized spacial score (nSPS) is 10.8. The van der Waals surface area contributed by atoms with E-state index in [-0.39, 0.29) is 11.9 Å². The maximum atomic E-state index is 11.8. The van der Waals surface area contributed by atoms with Gasteiger partial charge in [-0.3, -0.25) is 9.69 Å². The lowest BCUT2D eigenvalue weighted by Crippen LogP contribution is -2.27. The summed E-state index contributed by atoms with van der Waals surface area (Å²) in [5.74, 6) is 1.16. The Hall–Kier alpha value is -4.62. The average Bonchev–Trinajstić information content (AvgIpc) is 3.08. The summed E-state index contributed by atoms with van der Waals surface area (Å²) in [5.41, 5.74) is 4.96. The van der Waals surface area contributed by atoms with Gasteiger partial charge in [0, 0.05) is 19.5 Å². The molecule has 4 aromatic rings. The first-order valence-electron chi connectivity index (χ1n) is 15.0. The molecule has 0 fully saturated rings. The maximum absolute atomic E-state index is 11.8. The van der Waals surface area contributed by atoms with Crippen molar-refractivity contribution in [2.24, 2.45) is 0 Å². The topological polar surface area (TPSA) is 74.3 Å². The van der Waals surface area contributed by atoms with Crippen LogP contribution in [-0.2, 0) is 40.4 Å². The van der Waals surface area contributed by atoms with Gasteiger partial charge in [-0.25, -0.2) is 4.79 Å². The van der Waals surface area contributed by atoms with Crippen LogP contribution in [0.5, 0.6) is 11.5 Å². The third-order valence-corrected chi connectivity index (χ3v) is 7.35. The maximum Gasteiger partial charge on any atom is 0.337 e. The predicted octanol–water partition coefficient (Wildman–Crippen LogP) is 7.02. The number of esters is 2. The summed E-state index contributed by atoms with van der Waals surface area (Å²) in [6.07, 6.45) is 2.85. The van der Waals surface area contributed by atoms with Crippen molar-refractivity contribution in [2.45, 2.75) is 45.4 Å². The summed E-state index contributed by atoms with van der Waals surface area (Å²) in [6.45, 7) is 3.36. The van der Waals surface area contributed by atoms with Crippen molar-refractivity contribution < 1.29 is 28.5 Å². The fraction of sp³-hybridized carbons (Fsp3) is 0.297. The second-order valence-electron chi connectivity index (χ2n) is 10.6. The predicted molar refractivity (Wildman–Crippen MR) is 171 cm³/mol. The summed E-state index contributed by atoms with van der Waals surface area (Å²) in [4.78, 5) is 25.8. The number of nitrogens with zero attached hydrogens (tertiary/aromatic N) is 1. The third kappa shape index (κ3) is 10.6. The minimum atomic E-state index is -0.347. The number of hydrogen-bond donors (Lipinski definition) is 0. The molecule has 0 heterocycles. The average molecular weight is 596 g/mol. The number of hydrogen-bond acceptors (Lipinski definition) is 7. The van der Waals surface area contributed by atoms with E-state index >= 15 is 0 Å². The molecule has 0 aliphatic heterocycles. The second-order valence-corrected chi connectivity index (χ2v) is 10.6. The fourth-order valence-electron chi connectivity index (χ4n) is 4.81. The van der Waals surface area contributed by atoms with Gasteiger partial charge in [-0.15, -0.1) is 0 Å². The second kappa shape index (κ2) is 17.5. The Morgan fingerprint density at radius 2 is 1.30 bits per heavy atom. The molecule has 0 N–H and O–H groups in total. The summed E-state index contributed by atoms with van der Waals surface area (Å²) < 4.78 is 21.8. The fourth-order valence-corrected chi connectivity index (χ4v) is 4.81. The van der Waals surface area contributed by atoms with Crippen molar-refractivity contribution in [2.75, 3.05) is 27.3 Å². The number of rotatable bonds is 17. The van der Waals surface area contributed by atoms with Gasteiger partial charge in [0.15, 0.2) is 0 Å². The molecule has 7 heteroatoms. The Kier molecular flexibility index (Phi) is 12.8. The summed E-state index contributed by atoms with van der Waals surface area (Å²) in [7, 11) is 2.80. The Balaban J connectivity index is 1.33. The van der Waals surface area contributed by atoms with E-state index in [0.717, 1.165) is 72.6 Å².